The first kappa shape index (κ1) is 18.8. The van der Waals surface area contributed by atoms with Crippen molar-refractivity contribution in [1.29, 1.82) is 0 Å². The van der Waals surface area contributed by atoms with Crippen LogP contribution in [-0.4, -0.2) is 60.9 Å². The van der Waals surface area contributed by atoms with E-state index >= 15 is 0 Å². The zero-order chi connectivity index (χ0) is 17.4. The van der Waals surface area contributed by atoms with E-state index in [1.165, 1.54) is 4.90 Å². The highest BCUT2D eigenvalue weighted by Gasteiger charge is 2.30. The molecule has 0 aromatic rings. The molecule has 0 spiro atoms. The number of carbonyl (C=O) groups excluding carboxylic acids is 3. The molecular weight excluding hydrogens is 302 g/mol. The van der Waals surface area contributed by atoms with Gasteiger partial charge in [0.15, 0.2) is 0 Å². The lowest BCUT2D eigenvalue weighted by atomic mass is 10.1. The molecule has 0 saturated carbocycles. The van der Waals surface area contributed by atoms with Gasteiger partial charge in [0.05, 0.1) is 6.54 Å². The van der Waals surface area contributed by atoms with Gasteiger partial charge in [-0.3, -0.25) is 20.2 Å². The first-order valence-electron chi connectivity index (χ1n) is 7.48. The van der Waals surface area contributed by atoms with Crippen molar-refractivity contribution in [1.82, 2.24) is 15.5 Å². The number of likely N-dealkylation sites (N-methyl/N-ethyl adjacent to an activating group) is 1. The minimum absolute atomic E-state index is 0.0107. The smallest absolute Gasteiger partial charge is 0.318 e. The largest absolute Gasteiger partial charge is 0.351 e. The molecular formula is C13H25N7O3. The van der Waals surface area contributed by atoms with Crippen LogP contribution in [0.15, 0.2) is 4.99 Å². The third-order valence-corrected chi connectivity index (χ3v) is 3.58. The quantitative estimate of drug-likeness (QED) is 0.357. The molecule has 8 N–H and O–H groups in total. The number of hydrogen-bond acceptors (Lipinski definition) is 6. The summed E-state index contributed by atoms with van der Waals surface area (Å²) < 4.78 is 0. The number of guanidine groups is 1. The van der Waals surface area contributed by atoms with E-state index in [0.29, 0.717) is 13.0 Å². The Hall–Kier alpha value is -2.20. The van der Waals surface area contributed by atoms with Crippen molar-refractivity contribution in [3.8, 4) is 0 Å². The maximum Gasteiger partial charge on any atom is 0.318 e. The van der Waals surface area contributed by atoms with Gasteiger partial charge in [-0.2, -0.15) is 0 Å². The molecule has 130 valence electrons. The van der Waals surface area contributed by atoms with Crippen LogP contribution in [0.2, 0.25) is 0 Å². The summed E-state index contributed by atoms with van der Waals surface area (Å²) in [5, 5.41) is 4.58. The minimum atomic E-state index is -0.821. The van der Waals surface area contributed by atoms with Crippen LogP contribution in [0, 0.1) is 0 Å². The second kappa shape index (κ2) is 9.06. The van der Waals surface area contributed by atoms with Crippen molar-refractivity contribution < 1.29 is 14.4 Å². The van der Waals surface area contributed by atoms with Crippen molar-refractivity contribution in [2.45, 2.75) is 37.8 Å². The van der Waals surface area contributed by atoms with Gasteiger partial charge in [-0.1, -0.05) is 0 Å². The molecule has 23 heavy (non-hydrogen) atoms. The van der Waals surface area contributed by atoms with E-state index in [4.69, 9.17) is 17.2 Å². The summed E-state index contributed by atoms with van der Waals surface area (Å²) in [6, 6.07) is -1.62. The normalized spacial score (nSPS) is 18.7. The van der Waals surface area contributed by atoms with Crippen molar-refractivity contribution >= 4 is 23.8 Å². The molecule has 1 aliphatic heterocycles. The molecule has 0 saturated heterocycles. The fourth-order valence-corrected chi connectivity index (χ4v) is 2.17. The lowest BCUT2D eigenvalue weighted by Gasteiger charge is -2.29. The zero-order valence-corrected chi connectivity index (χ0v) is 13.2. The van der Waals surface area contributed by atoms with E-state index in [1.807, 2.05) is 0 Å². The average Bonchev–Trinajstić information content (AvgIpc) is 2.49. The Kier molecular flexibility index (Phi) is 7.42. The zero-order valence-electron chi connectivity index (χ0n) is 13.2. The van der Waals surface area contributed by atoms with Gasteiger partial charge in [-0.25, -0.2) is 9.79 Å². The highest BCUT2D eigenvalue weighted by atomic mass is 16.2. The Balaban J connectivity index is 2.49. The highest BCUT2D eigenvalue weighted by Crippen LogP contribution is 2.08. The van der Waals surface area contributed by atoms with E-state index in [1.54, 1.807) is 7.05 Å². The number of amides is 4. The maximum atomic E-state index is 12.2. The summed E-state index contributed by atoms with van der Waals surface area (Å²) >= 11 is 0. The standard InChI is InChI=1S/C13H25N7O3/c1-20(10(21)5-4-8(15)3-2-6-14)9-7-17-13(18-11(9)22)19-12(16)23/h8-9H,2-7,14-15H2,1H3,(H4,16,17,18,19,22,23). The molecule has 1 aliphatic rings. The molecule has 1 rings (SSSR count). The van der Waals surface area contributed by atoms with Gasteiger partial charge in [0.2, 0.25) is 11.9 Å². The monoisotopic (exact) mass is 327 g/mol. The molecule has 1 heterocycles. The number of hydrogen-bond donors (Lipinski definition) is 5. The number of nitrogens with zero attached hydrogens (tertiary/aromatic N) is 2. The molecule has 0 fully saturated rings. The maximum absolute atomic E-state index is 12.2. The van der Waals surface area contributed by atoms with Gasteiger partial charge in [0, 0.05) is 19.5 Å². The predicted octanol–water partition coefficient (Wildman–Crippen LogP) is -2.19. The van der Waals surface area contributed by atoms with E-state index < -0.39 is 18.0 Å². The lowest BCUT2D eigenvalue weighted by molar-refractivity contribution is -0.138. The van der Waals surface area contributed by atoms with E-state index in [-0.39, 0.29) is 30.9 Å². The number of urea groups is 1. The number of nitrogens with one attached hydrogen (secondary N) is 2. The second-order valence-corrected chi connectivity index (χ2v) is 5.42. The fourth-order valence-electron chi connectivity index (χ4n) is 2.17. The van der Waals surface area contributed by atoms with Crippen LogP contribution >= 0.6 is 0 Å². The molecule has 2 unspecified atom stereocenters. The van der Waals surface area contributed by atoms with Gasteiger partial charge >= 0.3 is 6.03 Å². The van der Waals surface area contributed by atoms with Gasteiger partial charge in [0.1, 0.15) is 6.04 Å². The summed E-state index contributed by atoms with van der Waals surface area (Å²) in [4.78, 5) is 40.2. The van der Waals surface area contributed by atoms with Crippen LogP contribution in [0.25, 0.3) is 0 Å². The molecule has 0 aliphatic carbocycles. The SMILES string of the molecule is CN(C(=O)CCC(N)CCCN)C1CN=C(NC(N)=O)NC1=O. The summed E-state index contributed by atoms with van der Waals surface area (Å²) in [7, 11) is 1.54. The van der Waals surface area contributed by atoms with Gasteiger partial charge in [-0.15, -0.1) is 0 Å². The van der Waals surface area contributed by atoms with Crippen LogP contribution < -0.4 is 27.8 Å². The molecule has 0 aromatic carbocycles. The Bertz CT molecular complexity index is 480. The molecule has 0 radical (unpaired) electrons. The lowest BCUT2D eigenvalue weighted by Crippen LogP contribution is -2.58. The van der Waals surface area contributed by atoms with Gasteiger partial charge < -0.3 is 22.1 Å². The van der Waals surface area contributed by atoms with E-state index in [0.717, 1.165) is 12.8 Å². The molecule has 10 nitrogen and oxygen atoms in total. The molecule has 10 heteroatoms. The molecule has 2 atom stereocenters. The van der Waals surface area contributed by atoms with Crippen LogP contribution in [0.3, 0.4) is 0 Å². The van der Waals surface area contributed by atoms with Crippen molar-refractivity contribution in [3.63, 3.8) is 0 Å². The first-order chi connectivity index (χ1) is 10.8. The Morgan fingerprint density at radius 2 is 2.17 bits per heavy atom. The van der Waals surface area contributed by atoms with Crippen molar-refractivity contribution in [2.75, 3.05) is 20.1 Å². The summed E-state index contributed by atoms with van der Waals surface area (Å²) in [6.45, 7) is 0.631. The fraction of sp³-hybridized carbons (Fsp3) is 0.692. The summed E-state index contributed by atoms with van der Waals surface area (Å²) in [5.41, 5.74) is 16.3. The van der Waals surface area contributed by atoms with Gasteiger partial charge in [-0.05, 0) is 25.8 Å². The minimum Gasteiger partial charge on any atom is -0.351 e. The first-order valence-corrected chi connectivity index (χ1v) is 7.48. The molecule has 4 amide bonds. The number of nitrogens with two attached hydrogens (primary N) is 3. The average molecular weight is 327 g/mol. The van der Waals surface area contributed by atoms with E-state index in [2.05, 4.69) is 15.6 Å². The molecule has 0 bridgehead atoms. The van der Waals surface area contributed by atoms with Crippen molar-refractivity contribution in [3.05, 3.63) is 0 Å². The Labute approximate surface area is 134 Å². The van der Waals surface area contributed by atoms with Crippen LogP contribution in [0.5, 0.6) is 0 Å². The molecule has 0 aromatic heterocycles. The predicted molar refractivity (Wildman–Crippen MR) is 85.2 cm³/mol. The van der Waals surface area contributed by atoms with Crippen molar-refractivity contribution in [2.24, 2.45) is 22.2 Å². The summed E-state index contributed by atoms with van der Waals surface area (Å²) in [5.74, 6) is -0.620. The number of aliphatic imine (C=N–C) groups is 1. The summed E-state index contributed by atoms with van der Waals surface area (Å²) in [6.07, 6.45) is 2.38. The van der Waals surface area contributed by atoms with Gasteiger partial charge in [0.25, 0.3) is 5.91 Å². The van der Waals surface area contributed by atoms with E-state index in [9.17, 15) is 14.4 Å². The Morgan fingerprint density at radius 1 is 1.48 bits per heavy atom. The number of rotatable bonds is 7. The van der Waals surface area contributed by atoms with Crippen LogP contribution in [-0.2, 0) is 9.59 Å². The highest BCUT2D eigenvalue weighted by molar-refractivity contribution is 6.07. The number of carbonyl (C=O) groups is 3. The number of primary amides is 1. The Morgan fingerprint density at radius 3 is 2.74 bits per heavy atom. The second-order valence-electron chi connectivity index (χ2n) is 5.42. The third-order valence-electron chi connectivity index (χ3n) is 3.58. The van der Waals surface area contributed by atoms with Crippen LogP contribution in [0.4, 0.5) is 4.79 Å². The third kappa shape index (κ3) is 6.20. The topological polar surface area (TPSA) is 169 Å². The van der Waals surface area contributed by atoms with Crippen LogP contribution in [0.1, 0.15) is 25.7 Å².